The van der Waals surface area contributed by atoms with Crippen molar-refractivity contribution in [1.29, 1.82) is 0 Å². The van der Waals surface area contributed by atoms with Gasteiger partial charge in [-0.05, 0) is 50.6 Å². The molecule has 0 radical (unpaired) electrons. The second-order valence-corrected chi connectivity index (χ2v) is 8.50. The fourth-order valence-electron chi connectivity index (χ4n) is 2.70. The summed E-state index contributed by atoms with van der Waals surface area (Å²) in [5.41, 5.74) is 1.01. The molecule has 0 saturated heterocycles. The minimum Gasteiger partial charge on any atom is -0.352 e. The highest BCUT2D eigenvalue weighted by Crippen LogP contribution is 2.22. The number of carbonyl (C=O) groups is 2. The monoisotopic (exact) mass is 418 g/mol. The zero-order valence-corrected chi connectivity index (χ0v) is 18.1. The third-order valence-electron chi connectivity index (χ3n) is 4.19. The van der Waals surface area contributed by atoms with Crippen molar-refractivity contribution in [2.45, 2.75) is 50.7 Å². The topological polar surface area (TPSA) is 49.4 Å². The maximum atomic E-state index is 12.9. The van der Waals surface area contributed by atoms with E-state index in [0.29, 0.717) is 23.7 Å². The van der Waals surface area contributed by atoms with Gasteiger partial charge in [0.25, 0.3) is 0 Å². The molecule has 150 valence electrons. The largest absolute Gasteiger partial charge is 0.352 e. The van der Waals surface area contributed by atoms with Crippen molar-refractivity contribution in [3.63, 3.8) is 0 Å². The number of halogens is 1. The van der Waals surface area contributed by atoms with Gasteiger partial charge in [0.2, 0.25) is 11.8 Å². The molecule has 2 amide bonds. The van der Waals surface area contributed by atoms with Crippen LogP contribution in [0.3, 0.4) is 0 Å². The van der Waals surface area contributed by atoms with Gasteiger partial charge in [-0.3, -0.25) is 9.59 Å². The average molecular weight is 419 g/mol. The Morgan fingerprint density at radius 2 is 1.68 bits per heavy atom. The summed E-state index contributed by atoms with van der Waals surface area (Å²) in [5.74, 6) is 0.478. The van der Waals surface area contributed by atoms with E-state index in [2.05, 4.69) is 5.32 Å². The first-order valence-electron chi connectivity index (χ1n) is 9.39. The second kappa shape index (κ2) is 11.1. The number of rotatable bonds is 9. The van der Waals surface area contributed by atoms with Gasteiger partial charge in [-0.15, -0.1) is 11.8 Å². The molecule has 0 aliphatic carbocycles. The zero-order valence-electron chi connectivity index (χ0n) is 16.5. The SMILES string of the molecule is CC(C)NC(=O)[C@H](C)N(Cc1ccccc1)C(=O)CCSc1ccc(Cl)cc1. The van der Waals surface area contributed by atoms with E-state index in [4.69, 9.17) is 11.6 Å². The van der Waals surface area contributed by atoms with Crippen molar-refractivity contribution in [2.75, 3.05) is 5.75 Å². The number of amides is 2. The first-order chi connectivity index (χ1) is 13.4. The standard InChI is InChI=1S/C22H27ClN2O2S/c1-16(2)24-22(27)17(3)25(15-18-7-5-4-6-8-18)21(26)13-14-28-20-11-9-19(23)10-12-20/h4-12,16-17H,13-15H2,1-3H3,(H,24,27)/t17-/m0/s1. The summed E-state index contributed by atoms with van der Waals surface area (Å²) in [6.45, 7) is 6.02. The van der Waals surface area contributed by atoms with Crippen molar-refractivity contribution in [3.8, 4) is 0 Å². The van der Waals surface area contributed by atoms with Crippen LogP contribution in [0.5, 0.6) is 0 Å². The fraction of sp³-hybridized carbons (Fsp3) is 0.364. The van der Waals surface area contributed by atoms with Crippen LogP contribution in [0.15, 0.2) is 59.5 Å². The van der Waals surface area contributed by atoms with E-state index >= 15 is 0 Å². The molecule has 0 aliphatic rings. The lowest BCUT2D eigenvalue weighted by Gasteiger charge is -2.29. The smallest absolute Gasteiger partial charge is 0.242 e. The number of benzene rings is 2. The van der Waals surface area contributed by atoms with Gasteiger partial charge in [0.1, 0.15) is 6.04 Å². The molecule has 2 aromatic carbocycles. The normalized spacial score (nSPS) is 11.9. The number of nitrogens with zero attached hydrogens (tertiary/aromatic N) is 1. The summed E-state index contributed by atoms with van der Waals surface area (Å²) in [5, 5.41) is 3.59. The molecule has 6 heteroatoms. The lowest BCUT2D eigenvalue weighted by molar-refractivity contribution is -0.140. The van der Waals surface area contributed by atoms with Crippen LogP contribution in [0.25, 0.3) is 0 Å². The minimum absolute atomic E-state index is 0.0308. The Kier molecular flexibility index (Phi) is 8.87. The van der Waals surface area contributed by atoms with E-state index in [1.807, 2.05) is 68.4 Å². The van der Waals surface area contributed by atoms with E-state index in [0.717, 1.165) is 10.5 Å². The molecule has 2 aromatic rings. The van der Waals surface area contributed by atoms with Gasteiger partial charge in [-0.25, -0.2) is 0 Å². The third-order valence-corrected chi connectivity index (χ3v) is 5.46. The van der Waals surface area contributed by atoms with Crippen molar-refractivity contribution in [3.05, 3.63) is 65.2 Å². The molecule has 28 heavy (non-hydrogen) atoms. The molecule has 1 N–H and O–H groups in total. The van der Waals surface area contributed by atoms with Crippen LogP contribution >= 0.6 is 23.4 Å². The summed E-state index contributed by atoms with van der Waals surface area (Å²) in [7, 11) is 0. The highest BCUT2D eigenvalue weighted by molar-refractivity contribution is 7.99. The van der Waals surface area contributed by atoms with E-state index in [9.17, 15) is 9.59 Å². The van der Waals surface area contributed by atoms with Gasteiger partial charge in [-0.2, -0.15) is 0 Å². The van der Waals surface area contributed by atoms with Gasteiger partial charge in [0.15, 0.2) is 0 Å². The van der Waals surface area contributed by atoms with E-state index < -0.39 is 6.04 Å². The quantitative estimate of drug-likeness (QED) is 0.597. The highest BCUT2D eigenvalue weighted by atomic mass is 35.5. The molecule has 1 atom stereocenters. The molecule has 0 aromatic heterocycles. The van der Waals surface area contributed by atoms with Crippen molar-refractivity contribution in [2.24, 2.45) is 0 Å². The Labute approximate surface area is 176 Å². The lowest BCUT2D eigenvalue weighted by Crippen LogP contribution is -2.49. The molecule has 0 fully saturated rings. The molecule has 0 spiro atoms. The van der Waals surface area contributed by atoms with Gasteiger partial charge in [0, 0.05) is 34.7 Å². The average Bonchev–Trinajstić information content (AvgIpc) is 2.67. The summed E-state index contributed by atoms with van der Waals surface area (Å²) < 4.78 is 0. The molecule has 2 rings (SSSR count). The van der Waals surface area contributed by atoms with Crippen LogP contribution < -0.4 is 5.32 Å². The number of carbonyl (C=O) groups excluding carboxylic acids is 2. The Morgan fingerprint density at radius 1 is 1.04 bits per heavy atom. The maximum absolute atomic E-state index is 12.9. The Balaban J connectivity index is 2.02. The molecule has 0 aliphatic heterocycles. The first kappa shape index (κ1) is 22.3. The summed E-state index contributed by atoms with van der Waals surface area (Å²) in [6.07, 6.45) is 0.361. The summed E-state index contributed by atoms with van der Waals surface area (Å²) >= 11 is 7.51. The number of thioether (sulfide) groups is 1. The number of hydrogen-bond acceptors (Lipinski definition) is 3. The minimum atomic E-state index is -0.532. The van der Waals surface area contributed by atoms with E-state index in [1.54, 1.807) is 23.6 Å². The van der Waals surface area contributed by atoms with E-state index in [-0.39, 0.29) is 17.9 Å². The van der Waals surface area contributed by atoms with Gasteiger partial charge in [-0.1, -0.05) is 41.9 Å². The lowest BCUT2D eigenvalue weighted by atomic mass is 10.1. The highest BCUT2D eigenvalue weighted by Gasteiger charge is 2.26. The van der Waals surface area contributed by atoms with Crippen molar-refractivity contribution < 1.29 is 9.59 Å². The van der Waals surface area contributed by atoms with Crippen LogP contribution in [0.4, 0.5) is 0 Å². The van der Waals surface area contributed by atoms with Crippen LogP contribution in [-0.2, 0) is 16.1 Å². The molecule has 0 heterocycles. The molecule has 0 saturated carbocycles. The Morgan fingerprint density at radius 3 is 2.29 bits per heavy atom. The predicted octanol–water partition coefficient (Wildman–Crippen LogP) is 4.76. The predicted molar refractivity (Wildman–Crippen MR) is 117 cm³/mol. The van der Waals surface area contributed by atoms with Gasteiger partial charge >= 0.3 is 0 Å². The summed E-state index contributed by atoms with van der Waals surface area (Å²) in [4.78, 5) is 28.2. The summed E-state index contributed by atoms with van der Waals surface area (Å²) in [6, 6.07) is 16.8. The molecule has 4 nitrogen and oxygen atoms in total. The van der Waals surface area contributed by atoms with Crippen molar-refractivity contribution >= 4 is 35.2 Å². The molecule has 0 unspecified atom stereocenters. The second-order valence-electron chi connectivity index (χ2n) is 6.90. The van der Waals surface area contributed by atoms with Crippen LogP contribution in [0.1, 0.15) is 32.8 Å². The molecular weight excluding hydrogens is 392 g/mol. The maximum Gasteiger partial charge on any atom is 0.242 e. The first-order valence-corrected chi connectivity index (χ1v) is 10.8. The van der Waals surface area contributed by atoms with Gasteiger partial charge < -0.3 is 10.2 Å². The van der Waals surface area contributed by atoms with Crippen LogP contribution in [-0.4, -0.2) is 34.6 Å². The number of nitrogens with one attached hydrogen (secondary N) is 1. The van der Waals surface area contributed by atoms with Crippen molar-refractivity contribution in [1.82, 2.24) is 10.2 Å². The third kappa shape index (κ3) is 7.21. The zero-order chi connectivity index (χ0) is 20.5. The number of hydrogen-bond donors (Lipinski definition) is 1. The Hall–Kier alpha value is -1.98. The van der Waals surface area contributed by atoms with Crippen LogP contribution in [0, 0.1) is 0 Å². The van der Waals surface area contributed by atoms with E-state index in [1.165, 1.54) is 0 Å². The van der Waals surface area contributed by atoms with Gasteiger partial charge in [0.05, 0.1) is 0 Å². The molecular formula is C22H27ClN2O2S. The van der Waals surface area contributed by atoms with Crippen LogP contribution in [0.2, 0.25) is 5.02 Å². The Bertz CT molecular complexity index is 766. The molecule has 0 bridgehead atoms. The fourth-order valence-corrected chi connectivity index (χ4v) is 3.67.